The molecular formula is C21H30N4O3. The second-order valence-electron chi connectivity index (χ2n) is 7.80. The molecule has 28 heavy (non-hydrogen) atoms. The molecule has 1 aliphatic heterocycles. The monoisotopic (exact) mass is 386 g/mol. The maximum Gasteiger partial charge on any atom is 0.325 e. The van der Waals surface area contributed by atoms with Gasteiger partial charge in [-0.15, -0.1) is 0 Å². The number of nitrogens with one attached hydrogen (secondary N) is 3. The summed E-state index contributed by atoms with van der Waals surface area (Å²) in [6.07, 6.45) is 4.73. The first-order valence-corrected chi connectivity index (χ1v) is 10.2. The summed E-state index contributed by atoms with van der Waals surface area (Å²) in [6.45, 7) is 4.79. The zero-order valence-electron chi connectivity index (χ0n) is 16.7. The first-order valence-electron chi connectivity index (χ1n) is 10.2. The summed E-state index contributed by atoms with van der Waals surface area (Å²) in [6, 6.07) is 7.53. The predicted molar refractivity (Wildman–Crippen MR) is 107 cm³/mol. The van der Waals surface area contributed by atoms with Crippen molar-refractivity contribution in [2.24, 2.45) is 0 Å². The molecule has 0 bridgehead atoms. The first kappa shape index (κ1) is 20.2. The molecule has 7 heteroatoms. The van der Waals surface area contributed by atoms with Crippen molar-refractivity contribution < 1.29 is 14.4 Å². The van der Waals surface area contributed by atoms with Crippen LogP contribution in [0, 0.1) is 6.92 Å². The van der Waals surface area contributed by atoms with Gasteiger partial charge in [0.15, 0.2) is 0 Å². The van der Waals surface area contributed by atoms with E-state index in [9.17, 15) is 14.4 Å². The second kappa shape index (κ2) is 8.63. The van der Waals surface area contributed by atoms with Crippen LogP contribution in [0.1, 0.15) is 62.6 Å². The molecule has 2 aliphatic rings. The molecule has 0 radical (unpaired) electrons. The Labute approximate surface area is 166 Å². The summed E-state index contributed by atoms with van der Waals surface area (Å²) in [4.78, 5) is 38.2. The number of carbonyl (C=O) groups excluding carboxylic acids is 3. The van der Waals surface area contributed by atoms with E-state index in [4.69, 9.17) is 0 Å². The van der Waals surface area contributed by atoms with E-state index in [-0.39, 0.29) is 24.0 Å². The number of benzene rings is 1. The smallest absolute Gasteiger partial charge is 0.325 e. The van der Waals surface area contributed by atoms with E-state index in [2.05, 4.69) is 16.0 Å². The van der Waals surface area contributed by atoms with E-state index in [1.807, 2.05) is 38.1 Å². The van der Waals surface area contributed by atoms with Gasteiger partial charge in [-0.05, 0) is 38.2 Å². The lowest BCUT2D eigenvalue weighted by atomic mass is 9.98. The largest absolute Gasteiger partial charge is 0.338 e. The van der Waals surface area contributed by atoms with Crippen molar-refractivity contribution in [3.8, 4) is 0 Å². The van der Waals surface area contributed by atoms with Crippen LogP contribution in [0.5, 0.6) is 0 Å². The summed E-state index contributed by atoms with van der Waals surface area (Å²) >= 11 is 0. The number of rotatable bonds is 7. The number of nitrogens with zero attached hydrogens (tertiary/aromatic N) is 1. The highest BCUT2D eigenvalue weighted by Gasteiger charge is 2.51. The summed E-state index contributed by atoms with van der Waals surface area (Å²) in [5.74, 6) is -0.107. The quantitative estimate of drug-likeness (QED) is 0.497. The Hall–Kier alpha value is -2.57. The second-order valence-corrected chi connectivity index (χ2v) is 7.80. The van der Waals surface area contributed by atoms with Gasteiger partial charge in [-0.1, -0.05) is 49.6 Å². The van der Waals surface area contributed by atoms with Crippen molar-refractivity contribution in [2.45, 2.75) is 64.0 Å². The molecule has 1 saturated heterocycles. The summed E-state index contributed by atoms with van der Waals surface area (Å²) < 4.78 is 0. The molecule has 1 aliphatic carbocycles. The highest BCUT2D eigenvalue weighted by atomic mass is 16.2. The van der Waals surface area contributed by atoms with Crippen molar-refractivity contribution in [1.29, 1.82) is 0 Å². The predicted octanol–water partition coefficient (Wildman–Crippen LogP) is 3.00. The molecule has 2 fully saturated rings. The SMILES string of the molecule is CC[C@@H](NC(=O)NCCCN1C(=O)NC2(CCCC2)C1=O)c1ccc(C)cc1. The minimum Gasteiger partial charge on any atom is -0.338 e. The van der Waals surface area contributed by atoms with Crippen molar-refractivity contribution in [3.05, 3.63) is 35.4 Å². The molecule has 152 valence electrons. The molecule has 1 spiro atoms. The van der Waals surface area contributed by atoms with Gasteiger partial charge in [0, 0.05) is 13.1 Å². The zero-order chi connectivity index (χ0) is 20.1. The Morgan fingerprint density at radius 1 is 1.21 bits per heavy atom. The van der Waals surface area contributed by atoms with Crippen molar-refractivity contribution in [3.63, 3.8) is 0 Å². The van der Waals surface area contributed by atoms with Crippen molar-refractivity contribution in [1.82, 2.24) is 20.9 Å². The van der Waals surface area contributed by atoms with Crippen LogP contribution in [-0.2, 0) is 4.79 Å². The molecule has 7 nitrogen and oxygen atoms in total. The van der Waals surface area contributed by atoms with Gasteiger partial charge in [-0.3, -0.25) is 9.69 Å². The maximum absolute atomic E-state index is 12.6. The van der Waals surface area contributed by atoms with E-state index in [0.29, 0.717) is 19.5 Å². The van der Waals surface area contributed by atoms with Crippen LogP contribution in [0.4, 0.5) is 9.59 Å². The molecule has 3 N–H and O–H groups in total. The van der Waals surface area contributed by atoms with E-state index >= 15 is 0 Å². The number of carbonyl (C=O) groups is 3. The molecule has 1 aromatic rings. The van der Waals surface area contributed by atoms with Gasteiger partial charge in [0.25, 0.3) is 5.91 Å². The molecular weight excluding hydrogens is 356 g/mol. The maximum atomic E-state index is 12.6. The summed E-state index contributed by atoms with van der Waals surface area (Å²) in [5.41, 5.74) is 1.59. The Kier molecular flexibility index (Phi) is 6.21. The normalized spacial score (nSPS) is 19.0. The third-order valence-electron chi connectivity index (χ3n) is 5.74. The third kappa shape index (κ3) is 4.29. The molecule has 5 amide bonds. The van der Waals surface area contributed by atoms with E-state index in [1.54, 1.807) is 0 Å². The van der Waals surface area contributed by atoms with Crippen LogP contribution in [0.15, 0.2) is 24.3 Å². The van der Waals surface area contributed by atoms with Gasteiger partial charge < -0.3 is 16.0 Å². The van der Waals surface area contributed by atoms with Gasteiger partial charge in [0.2, 0.25) is 0 Å². The van der Waals surface area contributed by atoms with Crippen molar-refractivity contribution >= 4 is 18.0 Å². The molecule has 3 rings (SSSR count). The van der Waals surface area contributed by atoms with Gasteiger partial charge >= 0.3 is 12.1 Å². The van der Waals surface area contributed by atoms with Gasteiger partial charge in [-0.2, -0.15) is 0 Å². The fourth-order valence-corrected chi connectivity index (χ4v) is 4.06. The number of aryl methyl sites for hydroxylation is 1. The molecule has 1 heterocycles. The Bertz CT molecular complexity index is 726. The van der Waals surface area contributed by atoms with Crippen LogP contribution in [0.25, 0.3) is 0 Å². The molecule has 0 aromatic heterocycles. The van der Waals surface area contributed by atoms with Crippen LogP contribution >= 0.6 is 0 Å². The lowest BCUT2D eigenvalue weighted by Gasteiger charge is -2.20. The Morgan fingerprint density at radius 2 is 1.89 bits per heavy atom. The van der Waals surface area contributed by atoms with Gasteiger partial charge in [0.1, 0.15) is 5.54 Å². The minimum atomic E-state index is -0.662. The van der Waals surface area contributed by atoms with Crippen LogP contribution in [0.2, 0.25) is 0 Å². The van der Waals surface area contributed by atoms with Gasteiger partial charge in [0.05, 0.1) is 6.04 Å². The van der Waals surface area contributed by atoms with Gasteiger partial charge in [-0.25, -0.2) is 9.59 Å². The standard InChI is InChI=1S/C21H30N4O3/c1-3-17(16-9-7-15(2)8-10-16)23-19(27)22-13-6-14-25-18(26)21(24-20(25)28)11-4-5-12-21/h7-10,17H,3-6,11-14H2,1-2H3,(H,24,28)(H2,22,23,27)/t17-/m1/s1. The summed E-state index contributed by atoms with van der Waals surface area (Å²) in [5, 5.41) is 8.67. The average Bonchev–Trinajstić information content (AvgIpc) is 3.24. The first-order chi connectivity index (χ1) is 13.4. The van der Waals surface area contributed by atoms with Crippen LogP contribution in [-0.4, -0.2) is 41.5 Å². The highest BCUT2D eigenvalue weighted by Crippen LogP contribution is 2.34. The fourth-order valence-electron chi connectivity index (χ4n) is 4.06. The number of hydrogen-bond donors (Lipinski definition) is 3. The summed E-state index contributed by atoms with van der Waals surface area (Å²) in [7, 11) is 0. The number of imide groups is 1. The molecule has 0 unspecified atom stereocenters. The highest BCUT2D eigenvalue weighted by molar-refractivity contribution is 6.07. The fraction of sp³-hybridized carbons (Fsp3) is 0.571. The van der Waals surface area contributed by atoms with E-state index < -0.39 is 5.54 Å². The zero-order valence-corrected chi connectivity index (χ0v) is 16.7. The minimum absolute atomic E-state index is 0.0474. The number of urea groups is 2. The molecule has 1 aromatic carbocycles. The molecule has 1 atom stereocenters. The van der Waals surface area contributed by atoms with E-state index in [1.165, 1.54) is 10.5 Å². The Morgan fingerprint density at radius 3 is 2.54 bits per heavy atom. The lowest BCUT2D eigenvalue weighted by molar-refractivity contribution is -0.131. The van der Waals surface area contributed by atoms with Crippen LogP contribution in [0.3, 0.4) is 0 Å². The number of amides is 5. The molecule has 1 saturated carbocycles. The number of hydrogen-bond acceptors (Lipinski definition) is 3. The lowest BCUT2D eigenvalue weighted by Crippen LogP contribution is -2.44. The van der Waals surface area contributed by atoms with Crippen LogP contribution < -0.4 is 16.0 Å². The third-order valence-corrected chi connectivity index (χ3v) is 5.74. The van der Waals surface area contributed by atoms with Crippen molar-refractivity contribution in [2.75, 3.05) is 13.1 Å². The topological polar surface area (TPSA) is 90.5 Å². The average molecular weight is 386 g/mol. The van der Waals surface area contributed by atoms with E-state index in [0.717, 1.165) is 37.7 Å². The Balaban J connectivity index is 1.42.